The molecular weight excluding hydrogens is 1750 g/mol. The van der Waals surface area contributed by atoms with E-state index in [1.54, 1.807) is 26.4 Å². The molecule has 2 heterocycles. The van der Waals surface area contributed by atoms with E-state index in [4.69, 9.17) is 43.6 Å². The highest BCUT2D eigenvalue weighted by Crippen LogP contribution is 2.57. The van der Waals surface area contributed by atoms with Crippen molar-refractivity contribution in [2.24, 2.45) is 34.6 Å². The predicted octanol–water partition coefficient (Wildman–Crippen LogP) is -4.53. The molecule has 0 aromatic heterocycles. The Balaban J connectivity index is 1.16. The molecule has 13 atom stereocenters. The number of carboxylic acids is 1. The standard InChI is InChI=1S/C84H118N20O25S2/c1-6-42(2)68(80(125)92-39-65(88)111)103-75(120)56(25-26-64(87)110)98-74(119)57(27-32-130-4)100-81(126)69(43(3)106)104-76(121)58(28-33-131-5)99-77(122)59(34-44-15-18-46(107)19-16-44)101-78(123)60(38-67(113)114)94-66(112)40-93-71(116)53(14-11-31-91-83(89)90)96-79(124)61(41-105)102-73(118)55(13-8-10-30-86)97-72(117)54(12-7-9-29-85)95-70(115)45-17-22-50-49(35-45)82(127)129-84(50)51-23-20-47(108)36-62(51)128-63-37-48(109)21-24-52(63)84/h15-24,35-37,42-43,53-61,68-69,105-109H,6-14,25-34,38-41,85-86H2,1-5H3,(H2,87,110)(H2,88,111)(H,92,125)(H,93,116)(H,94,112)(H,95,115)(H,96,124)(H,97,117)(H,98,119)(H,99,122)(H,100,126)(H,101,123)(H,102,118)(H,103,120)(H,104,121)(H,113,114)(H4,89,90,91)/t42-,43+,53-,54-,55-,56-,57-,58-,59-,60-,61-,68-,69-/m0/s1. The van der Waals surface area contributed by atoms with Crippen LogP contribution in [-0.2, 0) is 88.7 Å². The Morgan fingerprint density at radius 2 is 0.924 bits per heavy atom. The molecule has 45 nitrogen and oxygen atoms in total. The summed E-state index contributed by atoms with van der Waals surface area (Å²) in [6.45, 7) is 1.98. The normalized spacial score (nSPS) is 15.0. The first-order chi connectivity index (χ1) is 62.2. The third kappa shape index (κ3) is 32.2. The van der Waals surface area contributed by atoms with Crippen LogP contribution in [0.5, 0.6) is 28.7 Å². The van der Waals surface area contributed by atoms with Gasteiger partial charge < -0.3 is 143 Å². The lowest BCUT2D eigenvalue weighted by molar-refractivity contribution is -0.141. The number of thioether (sulfide) groups is 2. The van der Waals surface area contributed by atoms with Crippen LogP contribution < -0.4 is 108 Å². The van der Waals surface area contributed by atoms with Gasteiger partial charge in [0.1, 0.15) is 95.2 Å². The van der Waals surface area contributed by atoms with Gasteiger partial charge in [-0.25, -0.2) is 4.79 Å². The molecule has 47 heteroatoms. The van der Waals surface area contributed by atoms with Crippen LogP contribution in [0.25, 0.3) is 0 Å². The summed E-state index contributed by atoms with van der Waals surface area (Å²) in [5.41, 5.74) is 27.1. The number of unbranched alkanes of at least 4 members (excludes halogenated alkanes) is 2. The number of esters is 1. The second-order valence-electron chi connectivity index (χ2n) is 31.1. The minimum atomic E-state index is -2.06. The summed E-state index contributed by atoms with van der Waals surface area (Å²) in [7, 11) is 0. The number of ether oxygens (including phenoxy) is 2. The van der Waals surface area contributed by atoms with Crippen molar-refractivity contribution in [3.05, 3.63) is 112 Å². The number of guanidine groups is 1. The molecule has 0 aliphatic carbocycles. The van der Waals surface area contributed by atoms with Crippen LogP contribution in [0.4, 0.5) is 0 Å². The highest BCUT2D eigenvalue weighted by molar-refractivity contribution is 7.98. The maximum absolute atomic E-state index is 14.7. The fraction of sp³-hybridized carbons (Fsp3) is 0.500. The van der Waals surface area contributed by atoms with Gasteiger partial charge in [0.2, 0.25) is 82.7 Å². The van der Waals surface area contributed by atoms with Gasteiger partial charge in [0.25, 0.3) is 5.91 Å². The number of aliphatic hydroxyl groups excluding tert-OH is 2. The number of aromatic hydroxyl groups is 3. The van der Waals surface area contributed by atoms with Crippen LogP contribution in [0.1, 0.15) is 154 Å². The molecule has 2 aliphatic heterocycles. The monoisotopic (exact) mass is 1870 g/mol. The molecule has 0 fully saturated rings. The number of hydrogen-bond donors (Lipinski definition) is 26. The average molecular weight is 1870 g/mol. The highest BCUT2D eigenvalue weighted by atomic mass is 32.2. The lowest BCUT2D eigenvalue weighted by Gasteiger charge is -2.36. The summed E-state index contributed by atoms with van der Waals surface area (Å²) < 4.78 is 12.2. The molecule has 15 amide bonds. The lowest BCUT2D eigenvalue weighted by Crippen LogP contribution is -2.62. The molecule has 0 radical (unpaired) electrons. The van der Waals surface area contributed by atoms with Gasteiger partial charge in [-0.15, -0.1) is 0 Å². The Morgan fingerprint density at radius 3 is 1.43 bits per heavy atom. The van der Waals surface area contributed by atoms with Crippen molar-refractivity contribution in [3.8, 4) is 28.7 Å². The molecule has 6 rings (SSSR count). The number of carboxylic acid groups (broad SMARTS) is 1. The Morgan fingerprint density at radius 1 is 0.473 bits per heavy atom. The van der Waals surface area contributed by atoms with Gasteiger partial charge in [-0.2, -0.15) is 23.5 Å². The summed E-state index contributed by atoms with van der Waals surface area (Å²) in [5.74, 6) is -19.1. The van der Waals surface area contributed by atoms with E-state index in [0.717, 1.165) is 6.92 Å². The first-order valence-electron chi connectivity index (χ1n) is 42.2. The van der Waals surface area contributed by atoms with Gasteiger partial charge in [0.15, 0.2) is 11.6 Å². The molecule has 4 aromatic rings. The molecule has 716 valence electrons. The SMILES string of the molecule is CC[C@H](C)[C@H](NC(=O)[C@H](CCC(N)=O)NC(=O)[C@H](CCSC)NC(=O)[C@@H](NC(=O)[C@H](CCSC)NC(=O)[C@H](Cc1ccc(O)cc1)NC(=O)[C@H](CC(=O)O)NC(=O)CNC(=O)[C@H](CCCNC(=N)N)NC(=O)[C@H](CO)NC(=O)[C@H](CCCCN)NC(=O)[C@H](CCCCN)NC(=O)c1ccc2c(c1)C(=O)OC21c2ccc(O)cc2Oc2cc(O)ccc21)[C@@H](C)O)C(=O)NCC(N)=O. The second kappa shape index (κ2) is 52.5. The van der Waals surface area contributed by atoms with Crippen molar-refractivity contribution in [2.45, 2.75) is 195 Å². The van der Waals surface area contributed by atoms with Crippen LogP contribution in [0.3, 0.4) is 0 Å². The Bertz CT molecular complexity index is 4710. The van der Waals surface area contributed by atoms with Gasteiger partial charge in [-0.3, -0.25) is 82.1 Å². The van der Waals surface area contributed by atoms with Gasteiger partial charge >= 0.3 is 11.9 Å². The van der Waals surface area contributed by atoms with E-state index in [-0.39, 0.29) is 134 Å². The van der Waals surface area contributed by atoms with Crippen molar-refractivity contribution < 1.29 is 122 Å². The van der Waals surface area contributed by atoms with Crippen molar-refractivity contribution in [3.63, 3.8) is 0 Å². The molecule has 0 saturated carbocycles. The zero-order valence-corrected chi connectivity index (χ0v) is 74.6. The first kappa shape index (κ1) is 107. The quantitative estimate of drug-likeness (QED) is 0.00857. The van der Waals surface area contributed by atoms with Crippen molar-refractivity contribution >= 4 is 130 Å². The van der Waals surface area contributed by atoms with Crippen LogP contribution in [0.15, 0.2) is 78.9 Å². The fourth-order valence-corrected chi connectivity index (χ4v) is 14.9. The Hall–Kier alpha value is -13.1. The molecular formula is C84H118N20O25S2. The van der Waals surface area contributed by atoms with Gasteiger partial charge in [-0.1, -0.05) is 38.5 Å². The number of nitrogens with one attached hydrogen (secondary N) is 15. The predicted molar refractivity (Wildman–Crippen MR) is 475 cm³/mol. The molecule has 0 saturated heterocycles. The first-order valence-corrected chi connectivity index (χ1v) is 44.9. The van der Waals surface area contributed by atoms with Crippen molar-refractivity contribution in [2.75, 3.05) is 63.3 Å². The van der Waals surface area contributed by atoms with Crippen LogP contribution in [0.2, 0.25) is 0 Å². The number of primary amides is 2. The number of rotatable bonds is 56. The lowest BCUT2D eigenvalue weighted by atomic mass is 9.77. The number of phenols is 3. The average Bonchev–Trinajstić information content (AvgIpc) is 1.56. The zero-order chi connectivity index (χ0) is 96.9. The molecule has 0 bridgehead atoms. The van der Waals surface area contributed by atoms with Crippen LogP contribution in [0, 0.1) is 11.3 Å². The minimum absolute atomic E-state index is 0.0363. The topological polar surface area (TPSA) is 752 Å². The molecule has 0 unspecified atom stereocenters. The van der Waals surface area contributed by atoms with Gasteiger partial charge in [-0.05, 0) is 175 Å². The van der Waals surface area contributed by atoms with Crippen molar-refractivity contribution in [1.82, 2.24) is 74.4 Å². The number of aliphatic carboxylic acids is 1. The molecule has 1 spiro atoms. The minimum Gasteiger partial charge on any atom is -0.508 e. The number of phenolic OH excluding ortho intramolecular Hbond substituents is 3. The van der Waals surface area contributed by atoms with Crippen molar-refractivity contribution in [1.29, 1.82) is 5.41 Å². The van der Waals surface area contributed by atoms with E-state index in [0.29, 0.717) is 30.4 Å². The number of amides is 15. The third-order valence-corrected chi connectivity index (χ3v) is 22.5. The number of hydrogen-bond acceptors (Lipinski definition) is 29. The highest BCUT2D eigenvalue weighted by Gasteiger charge is 2.54. The molecule has 131 heavy (non-hydrogen) atoms. The maximum atomic E-state index is 14.7. The van der Waals surface area contributed by atoms with E-state index < -0.39 is 236 Å². The summed E-state index contributed by atoms with van der Waals surface area (Å²) in [6, 6.07) is -0.413. The molecule has 2 aliphatic rings. The number of carbonyl (C=O) groups excluding carboxylic acids is 16. The van der Waals surface area contributed by atoms with Crippen LogP contribution in [-0.4, -0.2) is 273 Å². The number of nitrogens with two attached hydrogens (primary N) is 5. The van der Waals surface area contributed by atoms with Gasteiger partial charge in [0.05, 0.1) is 37.8 Å². The smallest absolute Gasteiger partial charge is 0.340 e. The third-order valence-electron chi connectivity index (χ3n) is 21.2. The molecule has 31 N–H and O–H groups in total. The van der Waals surface area contributed by atoms with Gasteiger partial charge in [0, 0.05) is 53.8 Å². The number of carbonyl (C=O) groups is 17. The number of aliphatic hydroxyl groups is 2. The fourth-order valence-electron chi connectivity index (χ4n) is 14.0. The Labute approximate surface area is 762 Å². The zero-order valence-electron chi connectivity index (χ0n) is 72.9. The summed E-state index contributed by atoms with van der Waals surface area (Å²) in [6.07, 6.45) is -0.160. The Kier molecular flexibility index (Phi) is 42.8. The maximum Gasteiger partial charge on any atom is 0.340 e. The number of benzene rings is 4. The van der Waals surface area contributed by atoms with E-state index in [1.807, 2.05) is 0 Å². The summed E-state index contributed by atoms with van der Waals surface area (Å²) in [5, 5.41) is 105. The summed E-state index contributed by atoms with van der Waals surface area (Å²) in [4.78, 5) is 234. The largest absolute Gasteiger partial charge is 0.508 e. The number of fused-ring (bicyclic) bond motifs is 6. The van der Waals surface area contributed by atoms with E-state index in [9.17, 15) is 112 Å². The molecule has 4 aromatic carbocycles. The van der Waals surface area contributed by atoms with E-state index >= 15 is 0 Å². The second-order valence-corrected chi connectivity index (χ2v) is 33.1. The van der Waals surface area contributed by atoms with E-state index in [2.05, 4.69) is 74.4 Å². The summed E-state index contributed by atoms with van der Waals surface area (Å²) >= 11 is 2.45. The van der Waals surface area contributed by atoms with Crippen LogP contribution >= 0.6 is 23.5 Å². The van der Waals surface area contributed by atoms with E-state index in [1.165, 1.54) is 102 Å².